The van der Waals surface area contributed by atoms with Crippen molar-refractivity contribution in [1.82, 2.24) is 34.6 Å². The summed E-state index contributed by atoms with van der Waals surface area (Å²) in [5.74, 6) is 2.31. The predicted octanol–water partition coefficient (Wildman–Crippen LogP) is 1.69. The van der Waals surface area contributed by atoms with Crippen molar-refractivity contribution >= 4 is 5.91 Å². The number of hydrogen-bond donors (Lipinski definition) is 1. The van der Waals surface area contributed by atoms with Crippen molar-refractivity contribution in [2.24, 2.45) is 0 Å². The number of aryl methyl sites for hydroxylation is 1. The average Bonchev–Trinajstić information content (AvgIpc) is 3.31. The number of aromatic nitrogens is 6. The van der Waals surface area contributed by atoms with E-state index in [9.17, 15) is 4.79 Å². The van der Waals surface area contributed by atoms with E-state index in [0.717, 1.165) is 37.5 Å². The number of hydrogen-bond acceptors (Lipinski definition) is 5. The Kier molecular flexibility index (Phi) is 4.01. The summed E-state index contributed by atoms with van der Waals surface area (Å²) >= 11 is 0. The van der Waals surface area contributed by atoms with Crippen molar-refractivity contribution in [3.63, 3.8) is 0 Å². The predicted molar refractivity (Wildman–Crippen MR) is 90.2 cm³/mol. The Labute approximate surface area is 144 Å². The maximum Gasteiger partial charge on any atom is 0.252 e. The third-order valence-corrected chi connectivity index (χ3v) is 4.40. The molecular weight excluding hydrogens is 318 g/mol. The first kappa shape index (κ1) is 15.5. The number of carbonyl (C=O) groups is 1. The van der Waals surface area contributed by atoms with E-state index in [1.165, 1.54) is 0 Å². The van der Waals surface area contributed by atoms with Crippen molar-refractivity contribution in [2.45, 2.75) is 38.8 Å². The first-order valence-electron chi connectivity index (χ1n) is 8.39. The molecule has 0 radical (unpaired) electrons. The van der Waals surface area contributed by atoms with Crippen molar-refractivity contribution in [3.8, 4) is 5.82 Å². The Balaban J connectivity index is 1.52. The average molecular weight is 337 g/mol. The summed E-state index contributed by atoms with van der Waals surface area (Å²) in [6.07, 6.45) is 9.94. The van der Waals surface area contributed by atoms with Gasteiger partial charge in [0.2, 0.25) is 0 Å². The molecule has 3 aromatic heterocycles. The van der Waals surface area contributed by atoms with Crippen LogP contribution in [0.4, 0.5) is 0 Å². The summed E-state index contributed by atoms with van der Waals surface area (Å²) in [4.78, 5) is 20.9. The highest BCUT2D eigenvalue weighted by molar-refractivity contribution is 5.94. The maximum atomic E-state index is 12.6. The Morgan fingerprint density at radius 3 is 3.04 bits per heavy atom. The van der Waals surface area contributed by atoms with Crippen molar-refractivity contribution in [3.05, 3.63) is 54.3 Å². The van der Waals surface area contributed by atoms with Gasteiger partial charge in [0.25, 0.3) is 5.91 Å². The largest absolute Gasteiger partial charge is 0.342 e. The topological polar surface area (TPSA) is 90.5 Å². The molecule has 0 saturated carbocycles. The van der Waals surface area contributed by atoms with Crippen LogP contribution in [0.2, 0.25) is 0 Å². The quantitative estimate of drug-likeness (QED) is 0.782. The number of nitrogens with one attached hydrogen (secondary N) is 1. The fourth-order valence-electron chi connectivity index (χ4n) is 3.09. The molecule has 1 aliphatic heterocycles. The van der Waals surface area contributed by atoms with E-state index in [1.807, 2.05) is 6.92 Å². The molecule has 1 unspecified atom stereocenters. The first-order chi connectivity index (χ1) is 12.2. The molecule has 4 rings (SSSR count). The number of rotatable bonds is 4. The fourth-order valence-corrected chi connectivity index (χ4v) is 3.09. The van der Waals surface area contributed by atoms with Gasteiger partial charge in [-0.1, -0.05) is 0 Å². The van der Waals surface area contributed by atoms with Crippen LogP contribution in [0.15, 0.2) is 37.1 Å². The van der Waals surface area contributed by atoms with Crippen LogP contribution >= 0.6 is 0 Å². The second-order valence-corrected chi connectivity index (χ2v) is 6.15. The zero-order valence-electron chi connectivity index (χ0n) is 14.0. The van der Waals surface area contributed by atoms with Crippen LogP contribution in [0.5, 0.6) is 0 Å². The Morgan fingerprint density at radius 1 is 1.28 bits per heavy atom. The number of pyridine rings is 1. The number of fused-ring (bicyclic) bond motifs is 1. The van der Waals surface area contributed by atoms with Crippen LogP contribution in [-0.2, 0) is 13.0 Å². The molecule has 1 amide bonds. The van der Waals surface area contributed by atoms with E-state index < -0.39 is 0 Å². The SMILES string of the molecule is CC(NC(=O)c1ccnc(-n2ccnc2)c1)c1nnc2n1CCCC2. The molecule has 0 spiro atoms. The maximum absolute atomic E-state index is 12.6. The van der Waals surface area contributed by atoms with Crippen LogP contribution in [-0.4, -0.2) is 35.2 Å². The van der Waals surface area contributed by atoms with Gasteiger partial charge in [0.05, 0.1) is 6.04 Å². The molecule has 0 bridgehead atoms. The first-order valence-corrected chi connectivity index (χ1v) is 8.39. The summed E-state index contributed by atoms with van der Waals surface area (Å²) in [6.45, 7) is 2.85. The lowest BCUT2D eigenvalue weighted by atomic mass is 10.1. The highest BCUT2D eigenvalue weighted by Gasteiger charge is 2.21. The number of imidazole rings is 1. The molecule has 3 aromatic rings. The summed E-state index contributed by atoms with van der Waals surface area (Å²) in [5, 5.41) is 11.5. The van der Waals surface area contributed by atoms with Gasteiger partial charge in [-0.25, -0.2) is 9.97 Å². The van der Waals surface area contributed by atoms with Gasteiger partial charge in [-0.05, 0) is 31.9 Å². The van der Waals surface area contributed by atoms with E-state index in [1.54, 1.807) is 41.6 Å². The lowest BCUT2D eigenvalue weighted by Crippen LogP contribution is -2.29. The van der Waals surface area contributed by atoms with Gasteiger partial charge in [0.1, 0.15) is 18.0 Å². The second-order valence-electron chi connectivity index (χ2n) is 6.15. The van der Waals surface area contributed by atoms with Crippen LogP contribution in [0.1, 0.15) is 47.8 Å². The number of amides is 1. The van der Waals surface area contributed by atoms with Gasteiger partial charge in [0.15, 0.2) is 5.82 Å². The lowest BCUT2D eigenvalue weighted by molar-refractivity contribution is 0.0937. The van der Waals surface area contributed by atoms with Crippen LogP contribution < -0.4 is 5.32 Å². The summed E-state index contributed by atoms with van der Waals surface area (Å²) in [6, 6.07) is 3.22. The van der Waals surface area contributed by atoms with E-state index in [2.05, 4.69) is 30.0 Å². The fraction of sp³-hybridized carbons (Fsp3) is 0.353. The molecule has 0 fully saturated rings. The highest BCUT2D eigenvalue weighted by Crippen LogP contribution is 2.19. The minimum atomic E-state index is -0.211. The minimum Gasteiger partial charge on any atom is -0.342 e. The van der Waals surface area contributed by atoms with Gasteiger partial charge < -0.3 is 9.88 Å². The normalized spacial score (nSPS) is 14.8. The number of nitrogens with zero attached hydrogens (tertiary/aromatic N) is 6. The number of carbonyl (C=O) groups excluding carboxylic acids is 1. The monoisotopic (exact) mass is 337 g/mol. The van der Waals surface area contributed by atoms with Gasteiger partial charge in [0, 0.05) is 37.1 Å². The standard InChI is InChI=1S/C17H19N7O/c1-12(16-22-21-14-4-2-3-8-24(14)16)20-17(25)13-5-6-19-15(10-13)23-9-7-18-11-23/h5-7,9-12H,2-4,8H2,1H3,(H,20,25). The second kappa shape index (κ2) is 6.46. The summed E-state index contributed by atoms with van der Waals surface area (Å²) < 4.78 is 3.88. The van der Waals surface area contributed by atoms with Crippen molar-refractivity contribution in [2.75, 3.05) is 0 Å². The zero-order chi connectivity index (χ0) is 17.2. The molecule has 0 saturated heterocycles. The highest BCUT2D eigenvalue weighted by atomic mass is 16.1. The molecule has 0 aromatic carbocycles. The Hall–Kier alpha value is -3.03. The molecular formula is C17H19N7O. The third kappa shape index (κ3) is 3.02. The zero-order valence-corrected chi connectivity index (χ0v) is 14.0. The Bertz CT molecular complexity index is 884. The van der Waals surface area contributed by atoms with Crippen LogP contribution in [0.3, 0.4) is 0 Å². The van der Waals surface area contributed by atoms with Crippen molar-refractivity contribution < 1.29 is 4.79 Å². The molecule has 1 atom stereocenters. The molecule has 8 heteroatoms. The van der Waals surface area contributed by atoms with Crippen molar-refractivity contribution in [1.29, 1.82) is 0 Å². The Morgan fingerprint density at radius 2 is 2.20 bits per heavy atom. The van der Waals surface area contributed by atoms with Gasteiger partial charge in [-0.2, -0.15) is 0 Å². The van der Waals surface area contributed by atoms with E-state index in [0.29, 0.717) is 11.4 Å². The van der Waals surface area contributed by atoms with E-state index >= 15 is 0 Å². The molecule has 1 aliphatic rings. The molecule has 8 nitrogen and oxygen atoms in total. The lowest BCUT2D eigenvalue weighted by Gasteiger charge is -2.19. The third-order valence-electron chi connectivity index (χ3n) is 4.40. The minimum absolute atomic E-state index is 0.163. The molecule has 4 heterocycles. The summed E-state index contributed by atoms with van der Waals surface area (Å²) in [5.41, 5.74) is 0.545. The van der Waals surface area contributed by atoms with Crippen LogP contribution in [0, 0.1) is 0 Å². The summed E-state index contributed by atoms with van der Waals surface area (Å²) in [7, 11) is 0. The van der Waals surface area contributed by atoms with E-state index in [4.69, 9.17) is 0 Å². The smallest absolute Gasteiger partial charge is 0.252 e. The molecule has 1 N–H and O–H groups in total. The van der Waals surface area contributed by atoms with Gasteiger partial charge in [-0.3, -0.25) is 9.36 Å². The molecule has 128 valence electrons. The van der Waals surface area contributed by atoms with Gasteiger partial charge >= 0.3 is 0 Å². The van der Waals surface area contributed by atoms with Crippen LogP contribution in [0.25, 0.3) is 5.82 Å². The molecule has 25 heavy (non-hydrogen) atoms. The molecule has 0 aliphatic carbocycles. The van der Waals surface area contributed by atoms with E-state index in [-0.39, 0.29) is 11.9 Å². The van der Waals surface area contributed by atoms with Gasteiger partial charge in [-0.15, -0.1) is 10.2 Å².